The lowest BCUT2D eigenvalue weighted by molar-refractivity contribution is -0.118. The van der Waals surface area contributed by atoms with E-state index >= 15 is 4.39 Å². The van der Waals surface area contributed by atoms with Gasteiger partial charge < -0.3 is 19.9 Å². The Bertz CT molecular complexity index is 1170. The highest BCUT2D eigenvalue weighted by molar-refractivity contribution is 6.42. The Morgan fingerprint density at radius 1 is 1.17 bits per heavy atom. The molecule has 0 aliphatic carbocycles. The summed E-state index contributed by atoms with van der Waals surface area (Å²) in [7, 11) is 1.76. The van der Waals surface area contributed by atoms with E-state index in [4.69, 9.17) is 27.9 Å². The van der Waals surface area contributed by atoms with E-state index in [9.17, 15) is 9.59 Å². The zero-order chi connectivity index (χ0) is 25.5. The fourth-order valence-corrected chi connectivity index (χ4v) is 5.29. The van der Waals surface area contributed by atoms with Crippen molar-refractivity contribution in [2.45, 2.75) is 57.6 Å². The number of carbonyl (C=O) groups is 2. The molecule has 6 nitrogen and oxygen atoms in total. The molecule has 1 saturated heterocycles. The standard InChI is InChI=1S/C26H30Cl2FN3O3/c1-25(2,3)35-24(34)32-13-12-26(15-32,22-19(29)11-10-18(27)23(22)28)30-17-9-8-16-6-5-7-21(33)31(4)20(16)14-17/h8-11,14,30H,5-7,12-13,15H2,1-4H3. The fraction of sp³-hybridized carbons (Fsp3) is 0.462. The number of nitrogens with zero attached hydrogens (tertiary/aromatic N) is 2. The zero-order valence-corrected chi connectivity index (χ0v) is 21.9. The second kappa shape index (κ2) is 9.51. The van der Waals surface area contributed by atoms with Crippen molar-refractivity contribution in [3.05, 3.63) is 57.3 Å². The van der Waals surface area contributed by atoms with Crippen LogP contribution in [-0.4, -0.2) is 42.6 Å². The minimum absolute atomic E-state index is 0.0523. The summed E-state index contributed by atoms with van der Waals surface area (Å²) >= 11 is 12.8. The van der Waals surface area contributed by atoms with E-state index in [1.165, 1.54) is 12.1 Å². The first kappa shape index (κ1) is 25.6. The minimum Gasteiger partial charge on any atom is -0.444 e. The molecule has 1 fully saturated rings. The lowest BCUT2D eigenvalue weighted by Gasteiger charge is -2.34. The summed E-state index contributed by atoms with van der Waals surface area (Å²) in [6.07, 6.45) is 1.99. The average Bonchev–Trinajstić information content (AvgIpc) is 3.14. The molecule has 1 N–H and O–H groups in total. The second-order valence-corrected chi connectivity index (χ2v) is 11.0. The van der Waals surface area contributed by atoms with Crippen molar-refractivity contribution in [2.24, 2.45) is 0 Å². The van der Waals surface area contributed by atoms with Crippen molar-refractivity contribution in [2.75, 3.05) is 30.4 Å². The summed E-state index contributed by atoms with van der Waals surface area (Å²) in [4.78, 5) is 28.5. The lowest BCUT2D eigenvalue weighted by Crippen LogP contribution is -2.42. The van der Waals surface area contributed by atoms with Gasteiger partial charge in [0.1, 0.15) is 11.4 Å². The summed E-state index contributed by atoms with van der Waals surface area (Å²) in [5.74, 6) is -0.462. The van der Waals surface area contributed by atoms with Gasteiger partial charge in [-0.1, -0.05) is 29.3 Å². The van der Waals surface area contributed by atoms with Crippen LogP contribution < -0.4 is 10.2 Å². The molecule has 2 aromatic rings. The van der Waals surface area contributed by atoms with Crippen LogP contribution in [0.1, 0.15) is 51.2 Å². The molecule has 0 radical (unpaired) electrons. The van der Waals surface area contributed by atoms with E-state index < -0.39 is 23.1 Å². The number of hydrogen-bond donors (Lipinski definition) is 1. The third-order valence-electron chi connectivity index (χ3n) is 6.48. The van der Waals surface area contributed by atoms with Gasteiger partial charge in [-0.05, 0) is 69.9 Å². The van der Waals surface area contributed by atoms with E-state index in [2.05, 4.69) is 5.32 Å². The molecule has 4 rings (SSSR count). The number of fused-ring (bicyclic) bond motifs is 1. The first-order valence-corrected chi connectivity index (χ1v) is 12.5. The van der Waals surface area contributed by atoms with Crippen molar-refractivity contribution < 1.29 is 18.7 Å². The number of aryl methyl sites for hydroxylation is 1. The van der Waals surface area contributed by atoms with Crippen molar-refractivity contribution in [3.8, 4) is 0 Å². The molecule has 2 amide bonds. The summed E-state index contributed by atoms with van der Waals surface area (Å²) in [6.45, 7) is 5.87. The van der Waals surface area contributed by atoms with Crippen molar-refractivity contribution in [3.63, 3.8) is 0 Å². The maximum Gasteiger partial charge on any atom is 0.410 e. The number of halogens is 3. The third kappa shape index (κ3) is 5.21. The predicted molar refractivity (Wildman–Crippen MR) is 137 cm³/mol. The van der Waals surface area contributed by atoms with E-state index in [0.717, 1.165) is 24.1 Å². The monoisotopic (exact) mass is 521 g/mol. The highest BCUT2D eigenvalue weighted by Gasteiger charge is 2.46. The SMILES string of the molecule is CN1C(=O)CCCc2ccc(NC3(c4c(F)ccc(Cl)c4Cl)CCN(C(=O)OC(C)(C)C)C3)cc21. The first-order valence-electron chi connectivity index (χ1n) is 11.7. The molecule has 2 aromatic carbocycles. The molecule has 2 aliphatic rings. The predicted octanol–water partition coefficient (Wildman–Crippen LogP) is 6.38. The lowest BCUT2D eigenvalue weighted by atomic mass is 9.87. The Labute approximate surface area is 215 Å². The fourth-order valence-electron chi connectivity index (χ4n) is 4.80. The topological polar surface area (TPSA) is 61.9 Å². The quantitative estimate of drug-likeness (QED) is 0.476. The second-order valence-electron chi connectivity index (χ2n) is 10.2. The normalized spacial score (nSPS) is 20.5. The van der Waals surface area contributed by atoms with E-state index in [1.807, 2.05) is 18.2 Å². The van der Waals surface area contributed by atoms with Crippen molar-refractivity contribution in [1.29, 1.82) is 0 Å². The van der Waals surface area contributed by atoms with Gasteiger partial charge in [0.05, 0.1) is 22.1 Å². The smallest absolute Gasteiger partial charge is 0.410 e. The number of rotatable bonds is 3. The summed E-state index contributed by atoms with van der Waals surface area (Å²) in [5, 5.41) is 3.80. The molecule has 1 atom stereocenters. The Morgan fingerprint density at radius 2 is 1.91 bits per heavy atom. The molecular formula is C26H30Cl2FN3O3. The molecule has 1 unspecified atom stereocenters. The third-order valence-corrected chi connectivity index (χ3v) is 7.29. The highest BCUT2D eigenvalue weighted by atomic mass is 35.5. The average molecular weight is 522 g/mol. The number of benzene rings is 2. The number of hydrogen-bond acceptors (Lipinski definition) is 4. The van der Waals surface area contributed by atoms with E-state index in [1.54, 1.807) is 37.6 Å². The summed E-state index contributed by atoms with van der Waals surface area (Å²) in [6, 6.07) is 8.49. The van der Waals surface area contributed by atoms with Crippen LogP contribution in [0.15, 0.2) is 30.3 Å². The van der Waals surface area contributed by atoms with Gasteiger partial charge in [-0.2, -0.15) is 0 Å². The number of amides is 2. The molecule has 9 heteroatoms. The first-order chi connectivity index (χ1) is 16.4. The van der Waals surface area contributed by atoms with E-state index in [0.29, 0.717) is 25.1 Å². The Morgan fingerprint density at radius 3 is 2.63 bits per heavy atom. The maximum atomic E-state index is 15.3. The zero-order valence-electron chi connectivity index (χ0n) is 20.4. The highest BCUT2D eigenvalue weighted by Crippen LogP contribution is 2.44. The molecule has 0 aromatic heterocycles. The minimum atomic E-state index is -1.05. The number of ether oxygens (including phenoxy) is 1. The summed E-state index contributed by atoms with van der Waals surface area (Å²) in [5.41, 5.74) is 1.07. The van der Waals surface area contributed by atoms with Crippen molar-refractivity contribution >= 4 is 46.6 Å². The van der Waals surface area contributed by atoms with Gasteiger partial charge in [0.15, 0.2) is 0 Å². The van der Waals surface area contributed by atoms with Crippen LogP contribution >= 0.6 is 23.2 Å². The summed E-state index contributed by atoms with van der Waals surface area (Å²) < 4.78 is 20.9. The van der Waals surface area contributed by atoms with Crippen molar-refractivity contribution in [1.82, 2.24) is 4.90 Å². The molecule has 0 spiro atoms. The van der Waals surface area contributed by atoms with Gasteiger partial charge in [-0.15, -0.1) is 0 Å². The molecule has 188 valence electrons. The van der Waals surface area contributed by atoms with Crippen LogP contribution in [0.3, 0.4) is 0 Å². The van der Waals surface area contributed by atoms with Gasteiger partial charge in [-0.3, -0.25) is 4.79 Å². The Kier molecular flexibility index (Phi) is 6.95. The van der Waals surface area contributed by atoms with Crippen LogP contribution in [0, 0.1) is 5.82 Å². The largest absolute Gasteiger partial charge is 0.444 e. The van der Waals surface area contributed by atoms with Crippen LogP contribution in [-0.2, 0) is 21.5 Å². The molecule has 2 aliphatic heterocycles. The van der Waals surface area contributed by atoms with Crippen LogP contribution in [0.25, 0.3) is 0 Å². The van der Waals surface area contributed by atoms with Gasteiger partial charge in [0.2, 0.25) is 5.91 Å². The number of likely N-dealkylation sites (tertiary alicyclic amines) is 1. The molecular weight excluding hydrogens is 492 g/mol. The number of anilines is 2. The Hall–Kier alpha value is -2.51. The maximum absolute atomic E-state index is 15.3. The number of nitrogens with one attached hydrogen (secondary N) is 1. The van der Waals surface area contributed by atoms with Crippen LogP contribution in [0.4, 0.5) is 20.6 Å². The molecule has 0 saturated carbocycles. The molecule has 35 heavy (non-hydrogen) atoms. The van der Waals surface area contributed by atoms with Gasteiger partial charge in [-0.25, -0.2) is 9.18 Å². The molecule has 0 bridgehead atoms. The Balaban J connectivity index is 1.75. The van der Waals surface area contributed by atoms with Gasteiger partial charge in [0.25, 0.3) is 0 Å². The van der Waals surface area contributed by atoms with Crippen LogP contribution in [0.2, 0.25) is 10.0 Å². The number of carbonyl (C=O) groups excluding carboxylic acids is 2. The molecule has 2 heterocycles. The van der Waals surface area contributed by atoms with Crippen LogP contribution in [0.5, 0.6) is 0 Å². The van der Waals surface area contributed by atoms with E-state index in [-0.39, 0.29) is 28.1 Å². The van der Waals surface area contributed by atoms with Gasteiger partial charge >= 0.3 is 6.09 Å². The van der Waals surface area contributed by atoms with Gasteiger partial charge in [0, 0.05) is 37.0 Å².